The van der Waals surface area contributed by atoms with E-state index in [1.54, 1.807) is 42.4 Å². The normalized spacial score (nSPS) is 12.2. The number of aryl methyl sites for hydroxylation is 1. The predicted molar refractivity (Wildman–Crippen MR) is 114 cm³/mol. The van der Waals surface area contributed by atoms with E-state index in [2.05, 4.69) is 20.9 Å². The van der Waals surface area contributed by atoms with E-state index in [0.29, 0.717) is 42.8 Å². The third kappa shape index (κ3) is 6.96. The molecule has 10 heteroatoms. The van der Waals surface area contributed by atoms with Crippen molar-refractivity contribution in [1.29, 1.82) is 0 Å². The third-order valence-corrected chi connectivity index (χ3v) is 4.37. The smallest absolute Gasteiger partial charge is 0.325 e. The van der Waals surface area contributed by atoms with Crippen LogP contribution in [0.4, 0.5) is 16.3 Å². The molecule has 10 nitrogen and oxygen atoms in total. The maximum absolute atomic E-state index is 12.1. The second kappa shape index (κ2) is 10.4. The highest BCUT2D eigenvalue weighted by Crippen LogP contribution is 2.32. The summed E-state index contributed by atoms with van der Waals surface area (Å²) in [6, 6.07) is 7.92. The summed E-state index contributed by atoms with van der Waals surface area (Å²) in [6.45, 7) is 3.22. The van der Waals surface area contributed by atoms with Crippen LogP contribution in [0, 0.1) is 6.92 Å². The highest BCUT2D eigenvalue weighted by Gasteiger charge is 2.15. The summed E-state index contributed by atoms with van der Waals surface area (Å²) in [5.41, 5.74) is 1.48. The van der Waals surface area contributed by atoms with Crippen molar-refractivity contribution in [1.82, 2.24) is 15.2 Å². The number of imide groups is 1. The first-order valence-electron chi connectivity index (χ1n) is 9.80. The van der Waals surface area contributed by atoms with E-state index < -0.39 is 11.9 Å². The Balaban J connectivity index is 1.37. The molecule has 1 aliphatic heterocycles. The number of nitrogens with zero attached hydrogens (tertiary/aromatic N) is 2. The van der Waals surface area contributed by atoms with E-state index in [4.69, 9.17) is 9.47 Å². The van der Waals surface area contributed by atoms with Gasteiger partial charge >= 0.3 is 6.03 Å². The summed E-state index contributed by atoms with van der Waals surface area (Å²) < 4.78 is 10.9. The van der Waals surface area contributed by atoms with Crippen molar-refractivity contribution < 1.29 is 23.9 Å². The molecular weight excluding hydrogens is 402 g/mol. The fraction of sp³-hybridized carbons (Fsp3) is 0.333. The van der Waals surface area contributed by atoms with E-state index >= 15 is 0 Å². The number of hydrogen-bond donors (Lipinski definition) is 3. The first-order chi connectivity index (χ1) is 14.9. The van der Waals surface area contributed by atoms with Gasteiger partial charge in [0, 0.05) is 30.9 Å². The Morgan fingerprint density at radius 3 is 2.55 bits per heavy atom. The molecule has 31 heavy (non-hydrogen) atoms. The number of likely N-dealkylation sites (N-methyl/N-ethyl adjacent to an activating group) is 1. The topological polar surface area (TPSA) is 122 Å². The van der Waals surface area contributed by atoms with Gasteiger partial charge in [0.2, 0.25) is 11.8 Å². The molecule has 2 aromatic rings. The molecule has 0 unspecified atom stereocenters. The molecule has 0 spiro atoms. The fourth-order valence-corrected chi connectivity index (χ4v) is 2.81. The van der Waals surface area contributed by atoms with E-state index in [-0.39, 0.29) is 18.9 Å². The van der Waals surface area contributed by atoms with Gasteiger partial charge in [0.25, 0.3) is 0 Å². The summed E-state index contributed by atoms with van der Waals surface area (Å²) in [6.07, 6.45) is 1.72. The maximum Gasteiger partial charge on any atom is 0.325 e. The number of rotatable bonds is 7. The quantitative estimate of drug-likeness (QED) is 0.616. The van der Waals surface area contributed by atoms with Crippen LogP contribution in [-0.2, 0) is 9.59 Å². The number of nitrogens with one attached hydrogen (secondary N) is 3. The van der Waals surface area contributed by atoms with Crippen LogP contribution in [0.5, 0.6) is 11.5 Å². The second-order valence-corrected chi connectivity index (χ2v) is 7.12. The van der Waals surface area contributed by atoms with Crippen LogP contribution in [0.1, 0.15) is 12.0 Å². The van der Waals surface area contributed by atoms with Crippen LogP contribution in [0.3, 0.4) is 0 Å². The second-order valence-electron chi connectivity index (χ2n) is 7.12. The van der Waals surface area contributed by atoms with Crippen LogP contribution in [0.15, 0.2) is 36.5 Å². The van der Waals surface area contributed by atoms with Crippen LogP contribution >= 0.6 is 0 Å². The van der Waals surface area contributed by atoms with E-state index in [1.165, 1.54) is 0 Å². The number of carbonyl (C=O) groups is 3. The molecular formula is C21H25N5O5. The van der Waals surface area contributed by atoms with Crippen LogP contribution in [-0.4, -0.2) is 61.1 Å². The summed E-state index contributed by atoms with van der Waals surface area (Å²) in [7, 11) is 1.71. The molecule has 0 bridgehead atoms. The van der Waals surface area contributed by atoms with E-state index in [9.17, 15) is 14.4 Å². The molecule has 2 heterocycles. The number of amides is 4. The van der Waals surface area contributed by atoms with Crippen LogP contribution in [0.2, 0.25) is 0 Å². The number of ether oxygens (including phenoxy) is 2. The van der Waals surface area contributed by atoms with Gasteiger partial charge in [-0.15, -0.1) is 0 Å². The number of carbonyl (C=O) groups excluding carboxylic acids is 3. The minimum atomic E-state index is -0.646. The average Bonchev–Trinajstić information content (AvgIpc) is 2.73. The Morgan fingerprint density at radius 1 is 1.03 bits per heavy atom. The molecule has 0 aliphatic carbocycles. The highest BCUT2D eigenvalue weighted by atomic mass is 16.6. The minimum Gasteiger partial charge on any atom is -0.486 e. The van der Waals surface area contributed by atoms with Crippen LogP contribution < -0.4 is 25.4 Å². The number of hydrogen-bond acceptors (Lipinski definition) is 7. The summed E-state index contributed by atoms with van der Waals surface area (Å²) in [5.74, 6) is 0.922. The molecule has 1 aromatic carbocycles. The number of anilines is 2. The molecule has 1 aromatic heterocycles. The van der Waals surface area contributed by atoms with Gasteiger partial charge in [-0.3, -0.25) is 19.8 Å². The van der Waals surface area contributed by atoms with Crippen molar-refractivity contribution in [2.75, 3.05) is 44.0 Å². The SMILES string of the molecule is Cc1ccc(NC(=O)CN(C)CCC(=O)NC(=O)Nc2ccc3c(c2)OCCO3)nc1. The zero-order valence-electron chi connectivity index (χ0n) is 17.4. The predicted octanol–water partition coefficient (Wildman–Crippen LogP) is 1.77. The molecule has 3 N–H and O–H groups in total. The van der Waals surface area contributed by atoms with Gasteiger partial charge in [-0.1, -0.05) is 6.07 Å². The summed E-state index contributed by atoms with van der Waals surface area (Å²) >= 11 is 0. The lowest BCUT2D eigenvalue weighted by Crippen LogP contribution is -2.37. The minimum absolute atomic E-state index is 0.0567. The highest BCUT2D eigenvalue weighted by molar-refractivity contribution is 6.01. The lowest BCUT2D eigenvalue weighted by Gasteiger charge is -2.19. The molecule has 4 amide bonds. The lowest BCUT2D eigenvalue weighted by atomic mass is 10.2. The molecule has 3 rings (SSSR count). The maximum atomic E-state index is 12.1. The van der Waals surface area contributed by atoms with Crippen molar-refractivity contribution in [3.8, 4) is 11.5 Å². The van der Waals surface area contributed by atoms with E-state index in [0.717, 1.165) is 5.56 Å². The first-order valence-corrected chi connectivity index (χ1v) is 9.80. The van der Waals surface area contributed by atoms with Crippen molar-refractivity contribution in [2.45, 2.75) is 13.3 Å². The monoisotopic (exact) mass is 427 g/mol. The zero-order chi connectivity index (χ0) is 22.2. The van der Waals surface area contributed by atoms with Gasteiger partial charge in [-0.05, 0) is 37.7 Å². The largest absolute Gasteiger partial charge is 0.486 e. The summed E-state index contributed by atoms with van der Waals surface area (Å²) in [5, 5.41) is 7.54. The standard InChI is InChI=1S/C21H25N5O5/c1-14-3-6-18(22-12-14)24-20(28)13-26(2)8-7-19(27)25-21(29)23-15-4-5-16-17(11-15)31-10-9-30-16/h3-6,11-12H,7-10,13H2,1-2H3,(H,22,24,28)(H2,23,25,27,29). The molecule has 0 saturated heterocycles. The van der Waals surface area contributed by atoms with Crippen molar-refractivity contribution in [3.63, 3.8) is 0 Å². The fourth-order valence-electron chi connectivity index (χ4n) is 2.81. The van der Waals surface area contributed by atoms with E-state index in [1.807, 2.05) is 13.0 Å². The average molecular weight is 427 g/mol. The number of aromatic nitrogens is 1. The molecule has 0 saturated carbocycles. The number of benzene rings is 1. The molecule has 164 valence electrons. The Bertz CT molecular complexity index is 948. The van der Waals surface area contributed by atoms with Crippen LogP contribution in [0.25, 0.3) is 0 Å². The summed E-state index contributed by atoms with van der Waals surface area (Å²) in [4.78, 5) is 41.9. The Hall–Kier alpha value is -3.66. The Kier molecular flexibility index (Phi) is 7.39. The molecule has 0 fully saturated rings. The van der Waals surface area contributed by atoms with Gasteiger partial charge < -0.3 is 20.1 Å². The van der Waals surface area contributed by atoms with Gasteiger partial charge in [-0.25, -0.2) is 9.78 Å². The third-order valence-electron chi connectivity index (χ3n) is 4.37. The Morgan fingerprint density at radius 2 is 1.81 bits per heavy atom. The molecule has 0 atom stereocenters. The van der Waals surface area contributed by atoms with Gasteiger partial charge in [0.05, 0.1) is 6.54 Å². The number of pyridine rings is 1. The first kappa shape index (κ1) is 22.0. The van der Waals surface area contributed by atoms with Crippen molar-refractivity contribution in [3.05, 3.63) is 42.1 Å². The lowest BCUT2D eigenvalue weighted by molar-refractivity contribution is -0.121. The Labute approximate surface area is 179 Å². The number of fused-ring (bicyclic) bond motifs is 1. The van der Waals surface area contributed by atoms with Gasteiger partial charge in [0.1, 0.15) is 19.0 Å². The zero-order valence-corrected chi connectivity index (χ0v) is 17.4. The number of urea groups is 1. The van der Waals surface area contributed by atoms with Crippen molar-refractivity contribution in [2.24, 2.45) is 0 Å². The molecule has 0 radical (unpaired) electrons. The van der Waals surface area contributed by atoms with Crippen molar-refractivity contribution >= 4 is 29.4 Å². The van der Waals surface area contributed by atoms with Gasteiger partial charge in [0.15, 0.2) is 11.5 Å². The molecule has 1 aliphatic rings. The van der Waals surface area contributed by atoms with Gasteiger partial charge in [-0.2, -0.15) is 0 Å².